The van der Waals surface area contributed by atoms with E-state index in [9.17, 15) is 8.42 Å². The Balaban J connectivity index is 2.01. The highest BCUT2D eigenvalue weighted by atomic mass is 32.2. The lowest BCUT2D eigenvalue weighted by Crippen LogP contribution is -2.38. The first-order chi connectivity index (χ1) is 9.48. The molecule has 0 bridgehead atoms. The zero-order chi connectivity index (χ0) is 14.6. The molecule has 1 fully saturated rings. The summed E-state index contributed by atoms with van der Waals surface area (Å²) in [6.45, 7) is 6.46. The van der Waals surface area contributed by atoms with Crippen LogP contribution in [0.1, 0.15) is 38.3 Å². The van der Waals surface area contributed by atoms with Crippen LogP contribution in [-0.2, 0) is 10.0 Å². The SMILES string of the molecule is CC(C)CS(=O)(=O)NC[C@H](c1ccsc1)N1CCCC1. The van der Waals surface area contributed by atoms with Crippen LogP contribution >= 0.6 is 11.3 Å². The quantitative estimate of drug-likeness (QED) is 0.840. The number of hydrogen-bond acceptors (Lipinski definition) is 4. The molecule has 1 aliphatic heterocycles. The molecule has 2 rings (SSSR count). The van der Waals surface area contributed by atoms with Gasteiger partial charge in [-0.1, -0.05) is 13.8 Å². The summed E-state index contributed by atoms with van der Waals surface area (Å²) in [7, 11) is -3.17. The first-order valence-electron chi connectivity index (χ1n) is 7.21. The summed E-state index contributed by atoms with van der Waals surface area (Å²) >= 11 is 1.67. The minimum atomic E-state index is -3.17. The zero-order valence-electron chi connectivity index (χ0n) is 12.2. The van der Waals surface area contributed by atoms with E-state index in [1.807, 2.05) is 13.8 Å². The van der Waals surface area contributed by atoms with Crippen LogP contribution in [0.25, 0.3) is 0 Å². The average Bonchev–Trinajstić information content (AvgIpc) is 2.98. The Labute approximate surface area is 126 Å². The van der Waals surface area contributed by atoms with E-state index in [0.29, 0.717) is 6.54 Å². The van der Waals surface area contributed by atoms with E-state index in [1.54, 1.807) is 11.3 Å². The number of thiophene rings is 1. The minimum Gasteiger partial charge on any atom is -0.295 e. The van der Waals surface area contributed by atoms with Crippen LogP contribution in [0.3, 0.4) is 0 Å². The van der Waals surface area contributed by atoms with E-state index in [4.69, 9.17) is 0 Å². The normalized spacial score (nSPS) is 18.8. The molecule has 0 aliphatic carbocycles. The summed E-state index contributed by atoms with van der Waals surface area (Å²) < 4.78 is 26.8. The second-order valence-corrected chi connectivity index (χ2v) is 8.47. The van der Waals surface area contributed by atoms with E-state index in [-0.39, 0.29) is 17.7 Å². The topological polar surface area (TPSA) is 49.4 Å². The second-order valence-electron chi connectivity index (χ2n) is 5.84. The van der Waals surface area contributed by atoms with E-state index in [0.717, 1.165) is 13.1 Å². The lowest BCUT2D eigenvalue weighted by atomic mass is 10.1. The maximum atomic E-state index is 12.0. The molecule has 2 heterocycles. The predicted octanol–water partition coefficient (Wildman–Crippen LogP) is 2.46. The van der Waals surface area contributed by atoms with Crippen molar-refractivity contribution in [2.24, 2.45) is 5.92 Å². The monoisotopic (exact) mass is 316 g/mol. The van der Waals surface area contributed by atoms with Crippen molar-refractivity contribution >= 4 is 21.4 Å². The Morgan fingerprint density at radius 2 is 2.05 bits per heavy atom. The fraction of sp³-hybridized carbons (Fsp3) is 0.714. The molecule has 6 heteroatoms. The fourth-order valence-electron chi connectivity index (χ4n) is 2.68. The summed E-state index contributed by atoms with van der Waals surface area (Å²) in [5.74, 6) is 0.350. The molecular formula is C14H24N2O2S2. The van der Waals surface area contributed by atoms with Gasteiger partial charge in [0.1, 0.15) is 0 Å². The third-order valence-electron chi connectivity index (χ3n) is 3.56. The number of nitrogens with zero attached hydrogens (tertiary/aromatic N) is 1. The van der Waals surface area contributed by atoms with Gasteiger partial charge in [0.25, 0.3) is 0 Å². The van der Waals surface area contributed by atoms with Crippen molar-refractivity contribution < 1.29 is 8.42 Å². The van der Waals surface area contributed by atoms with E-state index < -0.39 is 10.0 Å². The molecular weight excluding hydrogens is 292 g/mol. The molecule has 0 amide bonds. The first kappa shape index (κ1) is 15.9. The Bertz CT molecular complexity index is 491. The van der Waals surface area contributed by atoms with Crippen LogP contribution in [-0.4, -0.2) is 38.7 Å². The lowest BCUT2D eigenvalue weighted by Gasteiger charge is -2.27. The number of rotatable bonds is 7. The molecule has 4 nitrogen and oxygen atoms in total. The van der Waals surface area contributed by atoms with Crippen molar-refractivity contribution in [2.75, 3.05) is 25.4 Å². The van der Waals surface area contributed by atoms with Crippen molar-refractivity contribution in [3.05, 3.63) is 22.4 Å². The lowest BCUT2D eigenvalue weighted by molar-refractivity contribution is 0.247. The van der Waals surface area contributed by atoms with Crippen LogP contribution in [0.5, 0.6) is 0 Å². The zero-order valence-corrected chi connectivity index (χ0v) is 13.8. The van der Waals surface area contributed by atoms with Crippen molar-refractivity contribution in [3.63, 3.8) is 0 Å². The molecule has 20 heavy (non-hydrogen) atoms. The largest absolute Gasteiger partial charge is 0.295 e. The summed E-state index contributed by atoms with van der Waals surface area (Å²) in [4.78, 5) is 2.39. The second kappa shape index (κ2) is 7.02. The number of hydrogen-bond donors (Lipinski definition) is 1. The first-order valence-corrected chi connectivity index (χ1v) is 9.81. The van der Waals surface area contributed by atoms with Crippen molar-refractivity contribution in [1.29, 1.82) is 0 Å². The van der Waals surface area contributed by atoms with Gasteiger partial charge in [0.05, 0.1) is 5.75 Å². The van der Waals surface area contributed by atoms with Gasteiger partial charge < -0.3 is 0 Å². The highest BCUT2D eigenvalue weighted by molar-refractivity contribution is 7.89. The maximum absolute atomic E-state index is 12.0. The van der Waals surface area contributed by atoms with Gasteiger partial charge >= 0.3 is 0 Å². The molecule has 0 unspecified atom stereocenters. The summed E-state index contributed by atoms with van der Waals surface area (Å²) in [5.41, 5.74) is 1.23. The molecule has 1 aliphatic rings. The molecule has 1 aromatic rings. The Kier molecular flexibility index (Phi) is 5.60. The fourth-order valence-corrected chi connectivity index (χ4v) is 4.79. The predicted molar refractivity (Wildman–Crippen MR) is 84.5 cm³/mol. The third-order valence-corrected chi connectivity index (χ3v) is 5.97. The third kappa shape index (κ3) is 4.55. The molecule has 1 atom stereocenters. The van der Waals surface area contributed by atoms with E-state index in [2.05, 4.69) is 26.4 Å². The van der Waals surface area contributed by atoms with Crippen LogP contribution in [0, 0.1) is 5.92 Å². The highest BCUT2D eigenvalue weighted by Crippen LogP contribution is 2.26. The van der Waals surface area contributed by atoms with Gasteiger partial charge in [-0.05, 0) is 54.2 Å². The summed E-state index contributed by atoms with van der Waals surface area (Å²) in [6.07, 6.45) is 2.42. The van der Waals surface area contributed by atoms with E-state index >= 15 is 0 Å². The maximum Gasteiger partial charge on any atom is 0.211 e. The van der Waals surface area contributed by atoms with Gasteiger partial charge in [0.15, 0.2) is 0 Å². The number of sulfonamides is 1. The standard InChI is InChI=1S/C14H24N2O2S2/c1-12(2)11-20(17,18)15-9-14(13-5-8-19-10-13)16-6-3-4-7-16/h5,8,10,12,14-15H,3-4,6-7,9,11H2,1-2H3/t14-/m1/s1. The molecule has 1 saturated heterocycles. The smallest absolute Gasteiger partial charge is 0.211 e. The van der Waals surface area contributed by atoms with Crippen molar-refractivity contribution in [1.82, 2.24) is 9.62 Å². The summed E-state index contributed by atoms with van der Waals surface area (Å²) in [6, 6.07) is 2.27. The van der Waals surface area contributed by atoms with Gasteiger partial charge in [-0.25, -0.2) is 13.1 Å². The van der Waals surface area contributed by atoms with Crippen LogP contribution in [0.15, 0.2) is 16.8 Å². The van der Waals surface area contributed by atoms with Gasteiger partial charge in [0, 0.05) is 12.6 Å². The number of likely N-dealkylation sites (tertiary alicyclic amines) is 1. The average molecular weight is 316 g/mol. The molecule has 0 radical (unpaired) electrons. The minimum absolute atomic E-state index is 0.152. The number of nitrogens with one attached hydrogen (secondary N) is 1. The Morgan fingerprint density at radius 3 is 2.60 bits per heavy atom. The molecule has 114 valence electrons. The van der Waals surface area contributed by atoms with Gasteiger partial charge in [-0.2, -0.15) is 11.3 Å². The molecule has 1 N–H and O–H groups in total. The van der Waals surface area contributed by atoms with Crippen molar-refractivity contribution in [3.8, 4) is 0 Å². The van der Waals surface area contributed by atoms with Crippen LogP contribution in [0.2, 0.25) is 0 Å². The summed E-state index contributed by atoms with van der Waals surface area (Å²) in [5, 5.41) is 4.18. The van der Waals surface area contributed by atoms with Crippen LogP contribution in [0.4, 0.5) is 0 Å². The molecule has 0 spiro atoms. The van der Waals surface area contributed by atoms with Crippen molar-refractivity contribution in [2.45, 2.75) is 32.7 Å². The Hall–Kier alpha value is -0.430. The molecule has 0 aromatic carbocycles. The molecule has 0 saturated carbocycles. The molecule has 1 aromatic heterocycles. The van der Waals surface area contributed by atoms with Gasteiger partial charge in [-0.15, -0.1) is 0 Å². The van der Waals surface area contributed by atoms with Gasteiger partial charge in [0.2, 0.25) is 10.0 Å². The van der Waals surface area contributed by atoms with Gasteiger partial charge in [-0.3, -0.25) is 4.90 Å². The highest BCUT2D eigenvalue weighted by Gasteiger charge is 2.25. The van der Waals surface area contributed by atoms with E-state index in [1.165, 1.54) is 18.4 Å². The van der Waals surface area contributed by atoms with Crippen LogP contribution < -0.4 is 4.72 Å². The Morgan fingerprint density at radius 1 is 1.35 bits per heavy atom.